The first-order chi connectivity index (χ1) is 8.69. The minimum atomic E-state index is -0.0177. The number of rotatable bonds is 4. The van der Waals surface area contributed by atoms with Crippen molar-refractivity contribution in [1.29, 1.82) is 0 Å². The molecule has 0 aromatic heterocycles. The fourth-order valence-corrected chi connectivity index (χ4v) is 2.52. The molecule has 0 saturated carbocycles. The molecule has 18 heavy (non-hydrogen) atoms. The van der Waals surface area contributed by atoms with Gasteiger partial charge in [-0.1, -0.05) is 40.2 Å². The molecule has 0 bridgehead atoms. The summed E-state index contributed by atoms with van der Waals surface area (Å²) in [6, 6.07) is 16.1. The van der Waals surface area contributed by atoms with E-state index in [-0.39, 0.29) is 5.38 Å². The third-order valence-corrected chi connectivity index (χ3v) is 3.68. The lowest BCUT2D eigenvalue weighted by molar-refractivity contribution is 0.414. The van der Waals surface area contributed by atoms with E-state index in [4.69, 9.17) is 16.3 Å². The van der Waals surface area contributed by atoms with E-state index in [9.17, 15) is 0 Å². The zero-order valence-corrected chi connectivity index (χ0v) is 12.4. The van der Waals surface area contributed by atoms with Gasteiger partial charge in [-0.05, 0) is 41.8 Å². The Labute approximate surface area is 121 Å². The van der Waals surface area contributed by atoms with Crippen LogP contribution >= 0.6 is 27.5 Å². The van der Waals surface area contributed by atoms with Crippen LogP contribution in [-0.2, 0) is 6.42 Å². The van der Waals surface area contributed by atoms with Gasteiger partial charge in [-0.25, -0.2) is 0 Å². The van der Waals surface area contributed by atoms with Gasteiger partial charge < -0.3 is 4.74 Å². The molecule has 0 N–H and O–H groups in total. The van der Waals surface area contributed by atoms with Crippen molar-refractivity contribution in [1.82, 2.24) is 0 Å². The van der Waals surface area contributed by atoms with E-state index < -0.39 is 0 Å². The largest absolute Gasteiger partial charge is 0.497 e. The molecule has 3 heteroatoms. The van der Waals surface area contributed by atoms with Gasteiger partial charge in [-0.2, -0.15) is 0 Å². The van der Waals surface area contributed by atoms with Crippen molar-refractivity contribution in [3.63, 3.8) is 0 Å². The zero-order valence-electron chi connectivity index (χ0n) is 10.1. The van der Waals surface area contributed by atoms with Crippen LogP contribution in [0.3, 0.4) is 0 Å². The van der Waals surface area contributed by atoms with Gasteiger partial charge in [0.15, 0.2) is 0 Å². The van der Waals surface area contributed by atoms with Gasteiger partial charge >= 0.3 is 0 Å². The predicted octanol–water partition coefficient (Wildman–Crippen LogP) is 4.98. The number of hydrogen-bond donors (Lipinski definition) is 0. The van der Waals surface area contributed by atoms with Crippen LogP contribution < -0.4 is 4.74 Å². The highest BCUT2D eigenvalue weighted by molar-refractivity contribution is 9.10. The maximum absolute atomic E-state index is 6.43. The monoisotopic (exact) mass is 324 g/mol. The molecular weight excluding hydrogens is 312 g/mol. The Morgan fingerprint density at radius 1 is 1.17 bits per heavy atom. The summed E-state index contributed by atoms with van der Waals surface area (Å²) in [5.41, 5.74) is 2.33. The Morgan fingerprint density at radius 3 is 2.50 bits per heavy atom. The molecule has 0 saturated heterocycles. The van der Waals surface area contributed by atoms with Crippen LogP contribution in [0.25, 0.3) is 0 Å². The molecule has 2 aromatic rings. The molecule has 0 aliphatic rings. The summed E-state index contributed by atoms with van der Waals surface area (Å²) in [5, 5.41) is -0.0177. The lowest BCUT2D eigenvalue weighted by Gasteiger charge is -2.11. The van der Waals surface area contributed by atoms with Crippen molar-refractivity contribution in [3.8, 4) is 5.75 Å². The summed E-state index contributed by atoms with van der Waals surface area (Å²) in [4.78, 5) is 0. The molecule has 1 unspecified atom stereocenters. The van der Waals surface area contributed by atoms with Crippen molar-refractivity contribution >= 4 is 27.5 Å². The van der Waals surface area contributed by atoms with E-state index >= 15 is 0 Å². The summed E-state index contributed by atoms with van der Waals surface area (Å²) in [6.45, 7) is 0. The van der Waals surface area contributed by atoms with E-state index in [2.05, 4.69) is 22.0 Å². The molecule has 94 valence electrons. The summed E-state index contributed by atoms with van der Waals surface area (Å²) in [6.07, 6.45) is 0.808. The molecule has 2 aromatic carbocycles. The van der Waals surface area contributed by atoms with E-state index in [1.807, 2.05) is 42.5 Å². The third kappa shape index (κ3) is 3.50. The number of benzene rings is 2. The first kappa shape index (κ1) is 13.4. The SMILES string of the molecule is COc1ccc(CC(Cl)c2cccc(Br)c2)cc1. The molecular formula is C15H14BrClO. The minimum absolute atomic E-state index is 0.0177. The predicted molar refractivity (Wildman–Crippen MR) is 79.4 cm³/mol. The van der Waals surface area contributed by atoms with E-state index in [1.165, 1.54) is 5.56 Å². The normalized spacial score (nSPS) is 12.2. The second kappa shape index (κ2) is 6.26. The van der Waals surface area contributed by atoms with Crippen LogP contribution in [-0.4, -0.2) is 7.11 Å². The van der Waals surface area contributed by atoms with E-state index in [0.29, 0.717) is 0 Å². The molecule has 1 atom stereocenters. The van der Waals surface area contributed by atoms with Crippen molar-refractivity contribution in [3.05, 3.63) is 64.1 Å². The highest BCUT2D eigenvalue weighted by Crippen LogP contribution is 2.27. The van der Waals surface area contributed by atoms with Gasteiger partial charge in [0.05, 0.1) is 12.5 Å². The molecule has 0 aliphatic heterocycles. The summed E-state index contributed by atoms with van der Waals surface area (Å²) in [5.74, 6) is 0.868. The zero-order chi connectivity index (χ0) is 13.0. The van der Waals surface area contributed by atoms with Crippen LogP contribution in [0.4, 0.5) is 0 Å². The van der Waals surface area contributed by atoms with Crippen molar-refractivity contribution < 1.29 is 4.74 Å². The van der Waals surface area contributed by atoms with Crippen LogP contribution in [0.5, 0.6) is 5.75 Å². The molecule has 0 heterocycles. The Hall–Kier alpha value is -0.990. The number of alkyl halides is 1. The number of methoxy groups -OCH3 is 1. The fourth-order valence-electron chi connectivity index (χ4n) is 1.79. The van der Waals surface area contributed by atoms with Crippen molar-refractivity contribution in [2.24, 2.45) is 0 Å². The van der Waals surface area contributed by atoms with E-state index in [1.54, 1.807) is 7.11 Å². The van der Waals surface area contributed by atoms with Crippen LogP contribution in [0.1, 0.15) is 16.5 Å². The Bertz CT molecular complexity index is 510. The number of ether oxygens (including phenoxy) is 1. The highest BCUT2D eigenvalue weighted by Gasteiger charge is 2.09. The van der Waals surface area contributed by atoms with Gasteiger partial charge in [0, 0.05) is 4.47 Å². The molecule has 0 spiro atoms. The smallest absolute Gasteiger partial charge is 0.118 e. The standard InChI is InChI=1S/C15H14BrClO/c1-18-14-7-5-11(6-8-14)9-15(17)12-3-2-4-13(16)10-12/h2-8,10,15H,9H2,1H3. The third-order valence-electron chi connectivity index (χ3n) is 2.78. The molecule has 1 nitrogen and oxygen atoms in total. The Balaban J connectivity index is 2.08. The van der Waals surface area contributed by atoms with Gasteiger partial charge in [-0.15, -0.1) is 11.6 Å². The minimum Gasteiger partial charge on any atom is -0.497 e. The first-order valence-corrected chi connectivity index (χ1v) is 6.94. The van der Waals surface area contributed by atoms with Crippen molar-refractivity contribution in [2.45, 2.75) is 11.8 Å². The topological polar surface area (TPSA) is 9.23 Å². The van der Waals surface area contributed by atoms with Gasteiger partial charge in [0.2, 0.25) is 0 Å². The average Bonchev–Trinajstić information content (AvgIpc) is 2.39. The maximum Gasteiger partial charge on any atom is 0.118 e. The molecule has 0 amide bonds. The molecule has 0 aliphatic carbocycles. The second-order valence-electron chi connectivity index (χ2n) is 4.07. The second-order valence-corrected chi connectivity index (χ2v) is 5.52. The van der Waals surface area contributed by atoms with Gasteiger partial charge in [0.1, 0.15) is 5.75 Å². The Morgan fingerprint density at radius 2 is 1.89 bits per heavy atom. The molecule has 0 fully saturated rings. The van der Waals surface area contributed by atoms with Gasteiger partial charge in [-0.3, -0.25) is 0 Å². The number of hydrogen-bond acceptors (Lipinski definition) is 1. The lowest BCUT2D eigenvalue weighted by Crippen LogP contribution is -1.96. The van der Waals surface area contributed by atoms with Gasteiger partial charge in [0.25, 0.3) is 0 Å². The van der Waals surface area contributed by atoms with Crippen LogP contribution in [0.15, 0.2) is 53.0 Å². The highest BCUT2D eigenvalue weighted by atomic mass is 79.9. The molecule has 0 radical (unpaired) electrons. The van der Waals surface area contributed by atoms with E-state index in [0.717, 1.165) is 22.2 Å². The first-order valence-electron chi connectivity index (χ1n) is 5.71. The summed E-state index contributed by atoms with van der Waals surface area (Å²) >= 11 is 9.89. The maximum atomic E-state index is 6.43. The van der Waals surface area contributed by atoms with Crippen LogP contribution in [0, 0.1) is 0 Å². The lowest BCUT2D eigenvalue weighted by atomic mass is 10.0. The van der Waals surface area contributed by atoms with Crippen molar-refractivity contribution in [2.75, 3.05) is 7.11 Å². The Kier molecular flexibility index (Phi) is 4.67. The fraction of sp³-hybridized carbons (Fsp3) is 0.200. The summed E-state index contributed by atoms with van der Waals surface area (Å²) < 4.78 is 6.19. The number of halogens is 2. The average molecular weight is 326 g/mol. The quantitative estimate of drug-likeness (QED) is 0.720. The summed E-state index contributed by atoms with van der Waals surface area (Å²) in [7, 11) is 1.67. The van der Waals surface area contributed by atoms with Crippen LogP contribution in [0.2, 0.25) is 0 Å². The molecule has 2 rings (SSSR count).